The number of thiazole rings is 1. The highest BCUT2D eigenvalue weighted by molar-refractivity contribution is 7.09. The van der Waals surface area contributed by atoms with Crippen LogP contribution in [0.1, 0.15) is 71.0 Å². The second-order valence-corrected chi connectivity index (χ2v) is 12.7. The quantitative estimate of drug-likeness (QED) is 0.335. The maximum absolute atomic E-state index is 14.6. The summed E-state index contributed by atoms with van der Waals surface area (Å²) in [6.07, 6.45) is 1.26. The van der Waals surface area contributed by atoms with E-state index in [9.17, 15) is 19.5 Å². The number of aryl methyl sites for hydroxylation is 1. The fraction of sp³-hybridized carbons (Fsp3) is 0.516. The molecule has 2 N–H and O–H groups in total. The second kappa shape index (κ2) is 12.5. The van der Waals surface area contributed by atoms with E-state index in [0.717, 1.165) is 5.56 Å². The molecule has 0 fully saturated rings. The Labute approximate surface area is 246 Å². The molecule has 2 atom stereocenters. The van der Waals surface area contributed by atoms with E-state index >= 15 is 0 Å². The van der Waals surface area contributed by atoms with Crippen LogP contribution in [0.15, 0.2) is 52.1 Å². The summed E-state index contributed by atoms with van der Waals surface area (Å²) in [5, 5.41) is 16.3. The number of aliphatic carboxylic acids is 1. The molecule has 1 aromatic heterocycles. The standard InChI is InChI=1S/C31H41N3O6S/c1-9-39-27(37)31(22-12-10-20(4)11-13-22)23(18-33-28(38)40-29(6,7)8)24(16-19(2)3)34-21(5)30(31,26(35)36)17-25-32-14-15-41-25/h10-15,19H,9,16-18H2,1-8H3,(H,33,38)(H,35,36). The summed E-state index contributed by atoms with van der Waals surface area (Å²) >= 11 is 1.31. The fourth-order valence-electron chi connectivity index (χ4n) is 5.47. The zero-order valence-electron chi connectivity index (χ0n) is 25.2. The lowest BCUT2D eigenvalue weighted by Crippen LogP contribution is -2.64. The third-order valence-corrected chi connectivity index (χ3v) is 7.88. The van der Waals surface area contributed by atoms with E-state index in [1.807, 2.05) is 32.9 Å². The zero-order chi connectivity index (χ0) is 30.6. The average Bonchev–Trinajstić information content (AvgIpc) is 3.37. The van der Waals surface area contributed by atoms with Crippen LogP contribution in [0.2, 0.25) is 0 Å². The molecule has 222 valence electrons. The van der Waals surface area contributed by atoms with Crippen molar-refractivity contribution in [3.8, 4) is 0 Å². The van der Waals surface area contributed by atoms with Crippen molar-refractivity contribution in [3.05, 3.63) is 63.2 Å². The molecule has 2 aromatic rings. The van der Waals surface area contributed by atoms with Crippen molar-refractivity contribution in [1.29, 1.82) is 0 Å². The first-order valence-electron chi connectivity index (χ1n) is 13.8. The number of rotatable bonds is 10. The fourth-order valence-corrected chi connectivity index (χ4v) is 6.17. The second-order valence-electron chi connectivity index (χ2n) is 11.7. The van der Waals surface area contributed by atoms with Gasteiger partial charge in [0.2, 0.25) is 0 Å². The minimum absolute atomic E-state index is 0.0296. The lowest BCUT2D eigenvalue weighted by molar-refractivity contribution is -0.162. The molecule has 0 spiro atoms. The van der Waals surface area contributed by atoms with E-state index in [-0.39, 0.29) is 31.2 Å². The van der Waals surface area contributed by atoms with Gasteiger partial charge in [0.05, 0.1) is 11.6 Å². The van der Waals surface area contributed by atoms with Gasteiger partial charge >= 0.3 is 18.0 Å². The van der Waals surface area contributed by atoms with Crippen LogP contribution in [0.3, 0.4) is 0 Å². The predicted molar refractivity (Wildman–Crippen MR) is 159 cm³/mol. The lowest BCUT2D eigenvalue weighted by atomic mass is 9.51. The van der Waals surface area contributed by atoms with Gasteiger partial charge in [-0.1, -0.05) is 43.7 Å². The van der Waals surface area contributed by atoms with Crippen LogP contribution in [-0.4, -0.2) is 52.6 Å². The van der Waals surface area contributed by atoms with Gasteiger partial charge in [-0.2, -0.15) is 0 Å². The number of aliphatic imine (C=N–C) groups is 1. The number of benzene rings is 1. The van der Waals surface area contributed by atoms with E-state index in [1.54, 1.807) is 58.3 Å². The Morgan fingerprint density at radius 1 is 1.12 bits per heavy atom. The SMILES string of the molecule is CCOC(=O)C1(c2ccc(C)cc2)C(CNC(=O)OC(C)(C)C)=C(CC(C)C)N=C(C)C1(Cc1nccs1)C(=O)O. The molecule has 1 aromatic carbocycles. The highest BCUT2D eigenvalue weighted by atomic mass is 32.1. The van der Waals surface area contributed by atoms with Gasteiger partial charge in [0, 0.05) is 36.0 Å². The van der Waals surface area contributed by atoms with Gasteiger partial charge < -0.3 is 19.9 Å². The maximum Gasteiger partial charge on any atom is 0.407 e. The number of esters is 1. The molecular formula is C31H41N3O6S. The van der Waals surface area contributed by atoms with Crippen LogP contribution >= 0.6 is 11.3 Å². The number of nitrogens with zero attached hydrogens (tertiary/aromatic N) is 2. The van der Waals surface area contributed by atoms with Gasteiger partial charge in [-0.25, -0.2) is 9.78 Å². The predicted octanol–water partition coefficient (Wildman–Crippen LogP) is 5.87. The molecule has 1 aliphatic heterocycles. The molecule has 1 aliphatic rings. The van der Waals surface area contributed by atoms with Crippen molar-refractivity contribution in [1.82, 2.24) is 10.3 Å². The smallest absolute Gasteiger partial charge is 0.407 e. The number of hydrogen-bond donors (Lipinski definition) is 2. The molecule has 1 amide bonds. The summed E-state index contributed by atoms with van der Waals surface area (Å²) in [5.41, 5.74) is -1.98. The number of carboxylic acid groups (broad SMARTS) is 1. The minimum Gasteiger partial charge on any atom is -0.480 e. The van der Waals surface area contributed by atoms with Crippen molar-refractivity contribution in [2.75, 3.05) is 13.2 Å². The van der Waals surface area contributed by atoms with Gasteiger partial charge in [-0.15, -0.1) is 11.3 Å². The number of ether oxygens (including phenoxy) is 2. The van der Waals surface area contributed by atoms with E-state index in [1.165, 1.54) is 11.3 Å². The molecule has 0 bridgehead atoms. The number of carboxylic acids is 1. The van der Waals surface area contributed by atoms with Gasteiger partial charge in [-0.3, -0.25) is 14.6 Å². The summed E-state index contributed by atoms with van der Waals surface area (Å²) in [4.78, 5) is 50.5. The van der Waals surface area contributed by atoms with Crippen LogP contribution in [-0.2, 0) is 30.9 Å². The normalized spacial score (nSPS) is 21.0. The van der Waals surface area contributed by atoms with Crippen LogP contribution in [0, 0.1) is 18.3 Å². The first-order chi connectivity index (χ1) is 19.2. The average molecular weight is 584 g/mol. The van der Waals surface area contributed by atoms with Gasteiger partial charge in [0.1, 0.15) is 16.4 Å². The van der Waals surface area contributed by atoms with Crippen LogP contribution in [0.5, 0.6) is 0 Å². The van der Waals surface area contributed by atoms with Crippen molar-refractivity contribution >= 4 is 35.1 Å². The molecule has 41 heavy (non-hydrogen) atoms. The number of aromatic nitrogens is 1. The van der Waals surface area contributed by atoms with Gasteiger partial charge in [0.15, 0.2) is 0 Å². The molecule has 9 nitrogen and oxygen atoms in total. The number of nitrogens with one attached hydrogen (secondary N) is 1. The summed E-state index contributed by atoms with van der Waals surface area (Å²) in [5.74, 6) is -1.84. The summed E-state index contributed by atoms with van der Waals surface area (Å²) in [6.45, 7) is 14.4. The highest BCUT2D eigenvalue weighted by Gasteiger charge is 2.68. The van der Waals surface area contributed by atoms with Gasteiger partial charge in [0.25, 0.3) is 0 Å². The molecule has 0 aliphatic carbocycles. The third-order valence-electron chi connectivity index (χ3n) is 7.10. The number of alkyl carbamates (subject to hydrolysis) is 1. The minimum atomic E-state index is -1.90. The summed E-state index contributed by atoms with van der Waals surface area (Å²) in [6, 6.07) is 7.22. The zero-order valence-corrected chi connectivity index (χ0v) is 26.0. The Hall–Kier alpha value is -3.53. The highest BCUT2D eigenvalue weighted by Crippen LogP contribution is 2.55. The molecule has 10 heteroatoms. The van der Waals surface area contributed by atoms with Crippen molar-refractivity contribution < 1.29 is 29.0 Å². The molecular weight excluding hydrogens is 542 g/mol. The number of carbonyl (C=O) groups excluding carboxylic acids is 2. The molecule has 0 saturated carbocycles. The molecule has 2 heterocycles. The topological polar surface area (TPSA) is 127 Å². The van der Waals surface area contributed by atoms with Gasteiger partial charge in [-0.05, 0) is 65.0 Å². The van der Waals surface area contributed by atoms with E-state index < -0.39 is 34.5 Å². The number of amides is 1. The lowest BCUT2D eigenvalue weighted by Gasteiger charge is -2.50. The Kier molecular flexibility index (Phi) is 9.79. The molecule has 0 radical (unpaired) electrons. The Morgan fingerprint density at radius 3 is 2.29 bits per heavy atom. The molecule has 0 saturated heterocycles. The van der Waals surface area contributed by atoms with E-state index in [0.29, 0.717) is 28.3 Å². The number of hydrogen-bond acceptors (Lipinski definition) is 8. The molecule has 2 unspecified atom stereocenters. The van der Waals surface area contributed by atoms with Crippen LogP contribution in [0.25, 0.3) is 0 Å². The monoisotopic (exact) mass is 583 g/mol. The number of allylic oxidation sites excluding steroid dienone is 1. The van der Waals surface area contributed by atoms with Crippen LogP contribution < -0.4 is 5.32 Å². The van der Waals surface area contributed by atoms with Crippen molar-refractivity contribution in [3.63, 3.8) is 0 Å². The third kappa shape index (κ3) is 6.37. The largest absolute Gasteiger partial charge is 0.480 e. The molecule has 3 rings (SSSR count). The Balaban J connectivity index is 2.47. The first kappa shape index (κ1) is 32.0. The Bertz CT molecular complexity index is 1320. The Morgan fingerprint density at radius 2 is 1.78 bits per heavy atom. The van der Waals surface area contributed by atoms with Crippen molar-refractivity contribution in [2.45, 2.75) is 79.2 Å². The van der Waals surface area contributed by atoms with Crippen molar-refractivity contribution in [2.24, 2.45) is 16.3 Å². The van der Waals surface area contributed by atoms with E-state index in [4.69, 9.17) is 14.5 Å². The number of carbonyl (C=O) groups is 3. The first-order valence-corrected chi connectivity index (χ1v) is 14.7. The van der Waals surface area contributed by atoms with E-state index in [2.05, 4.69) is 10.3 Å². The summed E-state index contributed by atoms with van der Waals surface area (Å²) < 4.78 is 11.3. The van der Waals surface area contributed by atoms with Crippen LogP contribution in [0.4, 0.5) is 4.79 Å². The maximum atomic E-state index is 14.6. The summed E-state index contributed by atoms with van der Waals surface area (Å²) in [7, 11) is 0.